The number of hydrogen-bond donors (Lipinski definition) is 6. The van der Waals surface area contributed by atoms with Crippen molar-refractivity contribution in [2.24, 2.45) is 11.5 Å². The third-order valence-corrected chi connectivity index (χ3v) is 3.59. The van der Waals surface area contributed by atoms with Crippen molar-refractivity contribution >= 4 is 30.2 Å². The second kappa shape index (κ2) is 12.2. The molecule has 0 aliphatic carbocycles. The molecule has 148 valence electrons. The molecule has 3 atom stereocenters. The van der Waals surface area contributed by atoms with Crippen LogP contribution in [0.1, 0.15) is 31.9 Å². The van der Waals surface area contributed by atoms with Gasteiger partial charge in [0, 0.05) is 18.3 Å². The van der Waals surface area contributed by atoms with Crippen LogP contribution in [0.4, 0.5) is 0 Å². The molecule has 10 nitrogen and oxygen atoms in total. The summed E-state index contributed by atoms with van der Waals surface area (Å²) in [5.74, 6) is -2.23. The maximum Gasteiger partial charge on any atom is 0.326 e. The van der Waals surface area contributed by atoms with Crippen molar-refractivity contribution in [1.82, 2.24) is 20.6 Å². The van der Waals surface area contributed by atoms with Crippen molar-refractivity contribution in [2.75, 3.05) is 6.54 Å². The molecule has 0 spiro atoms. The average Bonchev–Trinajstić information content (AvgIpc) is 3.06. The smallest absolute Gasteiger partial charge is 0.326 e. The maximum absolute atomic E-state index is 12.5. The van der Waals surface area contributed by atoms with Crippen molar-refractivity contribution in [1.29, 1.82) is 0 Å². The molecule has 0 saturated heterocycles. The van der Waals surface area contributed by atoms with Crippen LogP contribution < -0.4 is 22.1 Å². The van der Waals surface area contributed by atoms with Crippen LogP contribution in [0.25, 0.3) is 0 Å². The number of nitrogens with zero attached hydrogens (tertiary/aromatic N) is 1. The van der Waals surface area contributed by atoms with Gasteiger partial charge in [-0.15, -0.1) is 12.4 Å². The highest BCUT2D eigenvalue weighted by atomic mass is 35.5. The SMILES string of the molecule is C[C@H](N)C(=O)N[C@@H](Cc1cnc[nH]1)C(=O)N[C@@H](CCCCN)C(=O)O.Cl. The van der Waals surface area contributed by atoms with Gasteiger partial charge in [0.05, 0.1) is 12.4 Å². The first kappa shape index (κ1) is 23.8. The summed E-state index contributed by atoms with van der Waals surface area (Å²) >= 11 is 0. The Balaban J connectivity index is 0.00000625. The van der Waals surface area contributed by atoms with Crippen LogP contribution in [0.5, 0.6) is 0 Å². The molecule has 0 radical (unpaired) electrons. The van der Waals surface area contributed by atoms with Gasteiger partial charge in [-0.2, -0.15) is 0 Å². The van der Waals surface area contributed by atoms with E-state index in [0.717, 1.165) is 0 Å². The number of carbonyl (C=O) groups excluding carboxylic acids is 2. The van der Waals surface area contributed by atoms with Gasteiger partial charge in [0.25, 0.3) is 0 Å². The Morgan fingerprint density at radius 1 is 1.23 bits per heavy atom. The third-order valence-electron chi connectivity index (χ3n) is 3.59. The summed E-state index contributed by atoms with van der Waals surface area (Å²) < 4.78 is 0. The molecule has 1 heterocycles. The van der Waals surface area contributed by atoms with Crippen molar-refractivity contribution in [3.05, 3.63) is 18.2 Å². The lowest BCUT2D eigenvalue weighted by Gasteiger charge is -2.22. The molecule has 26 heavy (non-hydrogen) atoms. The second-order valence-corrected chi connectivity index (χ2v) is 5.81. The van der Waals surface area contributed by atoms with E-state index in [1.165, 1.54) is 19.4 Å². The Labute approximate surface area is 157 Å². The number of nitrogens with one attached hydrogen (secondary N) is 3. The monoisotopic (exact) mass is 390 g/mol. The lowest BCUT2D eigenvalue weighted by Crippen LogP contribution is -2.54. The zero-order valence-electron chi connectivity index (χ0n) is 14.6. The van der Waals surface area contributed by atoms with E-state index in [-0.39, 0.29) is 25.2 Å². The second-order valence-electron chi connectivity index (χ2n) is 5.81. The number of H-pyrrole nitrogens is 1. The van der Waals surface area contributed by atoms with Gasteiger partial charge >= 0.3 is 5.97 Å². The number of amides is 2. The lowest BCUT2D eigenvalue weighted by atomic mass is 10.1. The maximum atomic E-state index is 12.5. The van der Waals surface area contributed by atoms with Crippen LogP contribution in [0.15, 0.2) is 12.5 Å². The van der Waals surface area contributed by atoms with Crippen molar-refractivity contribution in [2.45, 2.75) is 50.7 Å². The van der Waals surface area contributed by atoms with Gasteiger partial charge < -0.3 is 32.2 Å². The van der Waals surface area contributed by atoms with Crippen LogP contribution in [-0.4, -0.2) is 57.5 Å². The topological polar surface area (TPSA) is 176 Å². The number of rotatable bonds is 11. The number of carboxylic acid groups (broad SMARTS) is 1. The van der Waals surface area contributed by atoms with E-state index in [2.05, 4.69) is 20.6 Å². The van der Waals surface area contributed by atoms with Gasteiger partial charge in [0.1, 0.15) is 12.1 Å². The minimum atomic E-state index is -1.14. The van der Waals surface area contributed by atoms with Gasteiger partial charge in [-0.1, -0.05) is 0 Å². The molecule has 1 aromatic rings. The molecule has 0 unspecified atom stereocenters. The summed E-state index contributed by atoms with van der Waals surface area (Å²) in [5.41, 5.74) is 11.5. The van der Waals surface area contributed by atoms with Gasteiger partial charge in [-0.05, 0) is 32.7 Å². The van der Waals surface area contributed by atoms with Crippen LogP contribution in [0.2, 0.25) is 0 Å². The normalized spacial score (nSPS) is 13.8. The molecule has 2 amide bonds. The number of imidazole rings is 1. The number of unbranched alkanes of at least 4 members (excludes halogenated alkanes) is 1. The molecule has 1 aromatic heterocycles. The number of carboxylic acids is 1. The fraction of sp³-hybridized carbons (Fsp3) is 0.600. The van der Waals surface area contributed by atoms with Crippen LogP contribution in [-0.2, 0) is 20.8 Å². The molecular formula is C15H27ClN6O4. The van der Waals surface area contributed by atoms with Gasteiger partial charge in [-0.3, -0.25) is 9.59 Å². The number of hydrogen-bond acceptors (Lipinski definition) is 6. The van der Waals surface area contributed by atoms with Gasteiger partial charge in [0.2, 0.25) is 11.8 Å². The predicted octanol–water partition coefficient (Wildman–Crippen LogP) is -1.10. The summed E-state index contributed by atoms with van der Waals surface area (Å²) in [6, 6.07) is -2.80. The summed E-state index contributed by atoms with van der Waals surface area (Å²) in [4.78, 5) is 42.4. The molecular weight excluding hydrogens is 364 g/mol. The van der Waals surface area contributed by atoms with Crippen LogP contribution >= 0.6 is 12.4 Å². The third kappa shape index (κ3) is 8.28. The molecule has 11 heteroatoms. The Morgan fingerprint density at radius 3 is 2.38 bits per heavy atom. The van der Waals surface area contributed by atoms with E-state index in [0.29, 0.717) is 25.1 Å². The molecule has 0 aliphatic rings. The zero-order valence-corrected chi connectivity index (χ0v) is 15.4. The number of halogens is 1. The fourth-order valence-electron chi connectivity index (χ4n) is 2.15. The summed E-state index contributed by atoms with van der Waals surface area (Å²) in [5, 5.41) is 14.3. The first-order valence-corrected chi connectivity index (χ1v) is 8.11. The average molecular weight is 391 g/mol. The zero-order chi connectivity index (χ0) is 18.8. The van der Waals surface area contributed by atoms with Gasteiger partial charge in [-0.25, -0.2) is 9.78 Å². The number of aromatic nitrogens is 2. The van der Waals surface area contributed by atoms with Crippen LogP contribution in [0, 0.1) is 0 Å². The van der Waals surface area contributed by atoms with E-state index >= 15 is 0 Å². The predicted molar refractivity (Wildman–Crippen MR) is 97.6 cm³/mol. The van der Waals surface area contributed by atoms with Crippen molar-refractivity contribution < 1.29 is 19.5 Å². The summed E-state index contributed by atoms with van der Waals surface area (Å²) in [6.45, 7) is 1.94. The van der Waals surface area contributed by atoms with Gasteiger partial charge in [0.15, 0.2) is 0 Å². The standard InChI is InChI=1S/C15H26N6O4.ClH/c1-9(17)13(22)21-12(6-10-7-18-8-19-10)14(23)20-11(15(24)25)4-2-3-5-16;/h7-9,11-12H,2-6,16-17H2,1H3,(H,18,19)(H,20,23)(H,21,22)(H,24,25);1H/t9-,11-,12-;/m0./s1. The first-order chi connectivity index (χ1) is 11.8. The number of aromatic amines is 1. The number of nitrogens with two attached hydrogens (primary N) is 2. The number of aliphatic carboxylic acids is 1. The highest BCUT2D eigenvalue weighted by Gasteiger charge is 2.27. The highest BCUT2D eigenvalue weighted by Crippen LogP contribution is 2.04. The lowest BCUT2D eigenvalue weighted by molar-refractivity contribution is -0.142. The Morgan fingerprint density at radius 2 is 1.88 bits per heavy atom. The first-order valence-electron chi connectivity index (χ1n) is 8.11. The molecule has 0 aliphatic heterocycles. The van der Waals surface area contributed by atoms with E-state index in [4.69, 9.17) is 11.5 Å². The molecule has 8 N–H and O–H groups in total. The van der Waals surface area contributed by atoms with Crippen molar-refractivity contribution in [3.8, 4) is 0 Å². The molecule has 0 bridgehead atoms. The summed E-state index contributed by atoms with van der Waals surface area (Å²) in [7, 11) is 0. The summed E-state index contributed by atoms with van der Waals surface area (Å²) in [6.07, 6.45) is 4.61. The fourth-order valence-corrected chi connectivity index (χ4v) is 2.15. The van der Waals surface area contributed by atoms with E-state index in [1.807, 2.05) is 0 Å². The minimum absolute atomic E-state index is 0. The Bertz CT molecular complexity index is 566. The van der Waals surface area contributed by atoms with E-state index < -0.39 is 35.9 Å². The Hall–Kier alpha value is -2.17. The van der Waals surface area contributed by atoms with Crippen LogP contribution in [0.3, 0.4) is 0 Å². The molecule has 0 fully saturated rings. The molecule has 1 rings (SSSR count). The minimum Gasteiger partial charge on any atom is -0.480 e. The molecule has 0 aromatic carbocycles. The van der Waals surface area contributed by atoms with E-state index in [9.17, 15) is 19.5 Å². The van der Waals surface area contributed by atoms with E-state index in [1.54, 1.807) is 0 Å². The number of carbonyl (C=O) groups is 3. The van der Waals surface area contributed by atoms with Crippen molar-refractivity contribution in [3.63, 3.8) is 0 Å². The molecule has 0 saturated carbocycles. The largest absolute Gasteiger partial charge is 0.480 e. The highest BCUT2D eigenvalue weighted by molar-refractivity contribution is 5.91. The quantitative estimate of drug-likeness (QED) is 0.260. The Kier molecular flexibility index (Phi) is 11.2.